The van der Waals surface area contributed by atoms with Gasteiger partial charge >= 0.3 is 0 Å². The largest absolute Gasteiger partial charge is 0.305 e. The monoisotopic (exact) mass is 360 g/mol. The number of rotatable bonds is 4. The summed E-state index contributed by atoms with van der Waals surface area (Å²) in [4.78, 5) is 16.7. The molecular weight excluding hydrogens is 340 g/mol. The molecule has 2 aliphatic rings. The minimum Gasteiger partial charge on any atom is -0.305 e. The van der Waals surface area contributed by atoms with E-state index in [0.717, 1.165) is 24.1 Å². The molecule has 2 fully saturated rings. The average molecular weight is 360 g/mol. The molecule has 1 unspecified atom stereocenters. The highest BCUT2D eigenvalue weighted by Gasteiger charge is 2.36. The molecule has 25 heavy (non-hydrogen) atoms. The third-order valence-electron chi connectivity index (χ3n) is 4.70. The fraction of sp³-hybridized carbons (Fsp3) is 0.471. The van der Waals surface area contributed by atoms with Gasteiger partial charge in [-0.1, -0.05) is 6.07 Å². The normalized spacial score (nSPS) is 22.0. The quantitative estimate of drug-likeness (QED) is 0.901. The van der Waals surface area contributed by atoms with Crippen molar-refractivity contribution < 1.29 is 13.2 Å². The number of nitrogens with zero attached hydrogens (tertiary/aromatic N) is 3. The van der Waals surface area contributed by atoms with E-state index in [1.54, 1.807) is 23.0 Å². The van der Waals surface area contributed by atoms with Gasteiger partial charge in [-0.15, -0.1) is 0 Å². The molecule has 1 aliphatic carbocycles. The number of aromatic nitrogens is 3. The molecule has 8 heteroatoms. The zero-order valence-electron chi connectivity index (χ0n) is 14.0. The van der Waals surface area contributed by atoms with Crippen LogP contribution in [0.3, 0.4) is 0 Å². The molecule has 3 heterocycles. The smallest absolute Gasteiger partial charge is 0.277 e. The average Bonchev–Trinajstić information content (AvgIpc) is 3.21. The van der Waals surface area contributed by atoms with Crippen molar-refractivity contribution in [2.45, 2.75) is 38.1 Å². The van der Waals surface area contributed by atoms with E-state index in [1.165, 1.54) is 0 Å². The van der Waals surface area contributed by atoms with Crippen LogP contribution in [0.5, 0.6) is 0 Å². The zero-order valence-corrected chi connectivity index (χ0v) is 14.8. The Morgan fingerprint density at radius 2 is 2.08 bits per heavy atom. The van der Waals surface area contributed by atoms with E-state index >= 15 is 0 Å². The molecular formula is C17H20N4O3S. The van der Waals surface area contributed by atoms with Gasteiger partial charge in [-0.25, -0.2) is 13.4 Å². The van der Waals surface area contributed by atoms with Gasteiger partial charge in [0.05, 0.1) is 17.5 Å². The Kier molecular flexibility index (Phi) is 3.87. The van der Waals surface area contributed by atoms with Gasteiger partial charge in [-0.2, -0.15) is 5.10 Å². The summed E-state index contributed by atoms with van der Waals surface area (Å²) in [5, 5.41) is 7.19. The summed E-state index contributed by atoms with van der Waals surface area (Å²) in [5.41, 5.74) is 2.30. The van der Waals surface area contributed by atoms with Crippen LogP contribution >= 0.6 is 0 Å². The van der Waals surface area contributed by atoms with Crippen LogP contribution in [0.4, 0.5) is 5.82 Å². The molecule has 1 N–H and O–H groups in total. The highest BCUT2D eigenvalue weighted by molar-refractivity contribution is 7.91. The lowest BCUT2D eigenvalue weighted by Crippen LogP contribution is -2.17. The van der Waals surface area contributed by atoms with Crippen molar-refractivity contribution in [3.8, 4) is 0 Å². The van der Waals surface area contributed by atoms with Gasteiger partial charge in [0.1, 0.15) is 5.82 Å². The van der Waals surface area contributed by atoms with Crippen molar-refractivity contribution in [2.75, 3.05) is 16.8 Å². The molecule has 0 radical (unpaired) electrons. The summed E-state index contributed by atoms with van der Waals surface area (Å²) in [6.07, 6.45) is 4.37. The summed E-state index contributed by atoms with van der Waals surface area (Å²) in [5.74, 6) is 0.833. The summed E-state index contributed by atoms with van der Waals surface area (Å²) >= 11 is 0. The molecule has 7 nitrogen and oxygen atoms in total. The maximum Gasteiger partial charge on any atom is 0.277 e. The van der Waals surface area contributed by atoms with Crippen molar-refractivity contribution in [3.05, 3.63) is 41.3 Å². The summed E-state index contributed by atoms with van der Waals surface area (Å²) in [7, 11) is -3.00. The van der Waals surface area contributed by atoms with Crippen LogP contribution in [0.2, 0.25) is 0 Å². The second-order valence-corrected chi connectivity index (χ2v) is 9.13. The fourth-order valence-electron chi connectivity index (χ4n) is 3.19. The van der Waals surface area contributed by atoms with Crippen LogP contribution in [0, 0.1) is 6.92 Å². The Hall–Kier alpha value is -2.22. The SMILES string of the molecule is Cc1ccc(NC(=O)c2cc(C3CC3)n(C3CCS(=O)(=O)C3)n2)nc1. The molecule has 4 rings (SSSR count). The third-order valence-corrected chi connectivity index (χ3v) is 6.45. The number of nitrogens with one attached hydrogen (secondary N) is 1. The van der Waals surface area contributed by atoms with Crippen molar-refractivity contribution in [1.82, 2.24) is 14.8 Å². The van der Waals surface area contributed by atoms with Gasteiger partial charge in [-0.05, 0) is 43.9 Å². The minimum absolute atomic E-state index is 0.106. The second-order valence-electron chi connectivity index (χ2n) is 6.91. The Bertz CT molecular complexity index is 914. The van der Waals surface area contributed by atoms with E-state index < -0.39 is 9.84 Å². The molecule has 2 aromatic heterocycles. The summed E-state index contributed by atoms with van der Waals surface area (Å²) in [6.45, 7) is 1.93. The lowest BCUT2D eigenvalue weighted by molar-refractivity contribution is 0.102. The highest BCUT2D eigenvalue weighted by atomic mass is 32.2. The van der Waals surface area contributed by atoms with E-state index in [9.17, 15) is 13.2 Å². The molecule has 1 saturated heterocycles. The number of pyridine rings is 1. The number of carbonyl (C=O) groups excluding carboxylic acids is 1. The van der Waals surface area contributed by atoms with Crippen LogP contribution in [-0.4, -0.2) is 40.6 Å². The van der Waals surface area contributed by atoms with Gasteiger partial charge in [-0.3, -0.25) is 9.48 Å². The van der Waals surface area contributed by atoms with Crippen LogP contribution in [0.25, 0.3) is 0 Å². The van der Waals surface area contributed by atoms with E-state index in [1.807, 2.05) is 13.0 Å². The van der Waals surface area contributed by atoms with E-state index in [-0.39, 0.29) is 23.5 Å². The molecule has 1 atom stereocenters. The fourth-order valence-corrected chi connectivity index (χ4v) is 4.88. The molecule has 1 aliphatic heterocycles. The highest BCUT2D eigenvalue weighted by Crippen LogP contribution is 2.42. The predicted octanol–water partition coefficient (Wildman–Crippen LogP) is 2.08. The van der Waals surface area contributed by atoms with Crippen molar-refractivity contribution in [2.24, 2.45) is 0 Å². The van der Waals surface area contributed by atoms with E-state index in [0.29, 0.717) is 23.9 Å². The number of anilines is 1. The number of hydrogen-bond acceptors (Lipinski definition) is 5. The van der Waals surface area contributed by atoms with Gasteiger partial charge < -0.3 is 5.32 Å². The number of hydrogen-bond donors (Lipinski definition) is 1. The molecule has 1 amide bonds. The maximum atomic E-state index is 12.5. The van der Waals surface area contributed by atoms with Gasteiger partial charge in [0.15, 0.2) is 15.5 Å². The predicted molar refractivity (Wildman–Crippen MR) is 93.4 cm³/mol. The first kappa shape index (κ1) is 16.3. The first-order valence-electron chi connectivity index (χ1n) is 8.45. The Labute approximate surface area is 146 Å². The first-order chi connectivity index (χ1) is 11.9. The van der Waals surface area contributed by atoms with Crippen molar-refractivity contribution >= 4 is 21.6 Å². The molecule has 0 aromatic carbocycles. The Morgan fingerprint density at radius 1 is 1.28 bits per heavy atom. The number of aryl methyl sites for hydroxylation is 1. The third kappa shape index (κ3) is 3.44. The number of sulfone groups is 1. The number of amides is 1. The molecule has 0 bridgehead atoms. The van der Waals surface area contributed by atoms with E-state index in [2.05, 4.69) is 15.4 Å². The standard InChI is InChI=1S/C17H20N4O3S/c1-11-2-5-16(18-9-11)19-17(22)14-8-15(12-3-4-12)21(20-14)13-6-7-25(23,24)10-13/h2,5,8-9,12-13H,3-4,6-7,10H2,1H3,(H,18,19,22). The van der Waals surface area contributed by atoms with Gasteiger partial charge in [0.25, 0.3) is 5.91 Å². The topological polar surface area (TPSA) is 94.0 Å². The van der Waals surface area contributed by atoms with Gasteiger partial charge in [0, 0.05) is 17.8 Å². The lowest BCUT2D eigenvalue weighted by atomic mass is 10.2. The van der Waals surface area contributed by atoms with Crippen LogP contribution < -0.4 is 5.32 Å². The molecule has 1 saturated carbocycles. The van der Waals surface area contributed by atoms with E-state index in [4.69, 9.17) is 0 Å². The zero-order chi connectivity index (χ0) is 17.6. The summed E-state index contributed by atoms with van der Waals surface area (Å²) in [6, 6.07) is 5.25. The maximum absolute atomic E-state index is 12.5. The van der Waals surface area contributed by atoms with Crippen LogP contribution in [0.15, 0.2) is 24.4 Å². The van der Waals surface area contributed by atoms with Crippen LogP contribution in [-0.2, 0) is 9.84 Å². The van der Waals surface area contributed by atoms with Crippen molar-refractivity contribution in [1.29, 1.82) is 0 Å². The Morgan fingerprint density at radius 3 is 2.68 bits per heavy atom. The molecule has 2 aromatic rings. The van der Waals surface area contributed by atoms with Crippen LogP contribution in [0.1, 0.15) is 53.0 Å². The van der Waals surface area contributed by atoms with Crippen molar-refractivity contribution in [3.63, 3.8) is 0 Å². The second kappa shape index (κ2) is 5.94. The summed E-state index contributed by atoms with van der Waals surface area (Å²) < 4.78 is 25.4. The molecule has 0 spiro atoms. The van der Waals surface area contributed by atoms with Gasteiger partial charge in [0.2, 0.25) is 0 Å². The first-order valence-corrected chi connectivity index (χ1v) is 10.3. The Balaban J connectivity index is 1.59. The minimum atomic E-state index is -3.00. The lowest BCUT2D eigenvalue weighted by Gasteiger charge is -2.12. The molecule has 132 valence electrons. The number of carbonyl (C=O) groups is 1.